The lowest BCUT2D eigenvalue weighted by molar-refractivity contribution is 0.571. The van der Waals surface area contributed by atoms with Crippen LogP contribution in [0.25, 0.3) is 0 Å². The molecule has 0 radical (unpaired) electrons. The molecular formula is C9H16S2. The van der Waals surface area contributed by atoms with Gasteiger partial charge in [-0.1, -0.05) is 38.2 Å². The van der Waals surface area contributed by atoms with Crippen LogP contribution in [0.1, 0.15) is 20.8 Å². The summed E-state index contributed by atoms with van der Waals surface area (Å²) in [6.45, 7) is 10.3. The van der Waals surface area contributed by atoms with E-state index in [-0.39, 0.29) is 0 Å². The molecule has 0 unspecified atom stereocenters. The molecule has 0 aliphatic heterocycles. The van der Waals surface area contributed by atoms with Crippen molar-refractivity contribution in [2.24, 2.45) is 11.8 Å². The highest BCUT2D eigenvalue weighted by molar-refractivity contribution is 8.22. The number of allylic oxidation sites excluding steroid dienone is 1. The smallest absolute Gasteiger partial charge is 0.0509 e. The van der Waals surface area contributed by atoms with E-state index in [0.717, 1.165) is 4.20 Å². The Morgan fingerprint density at radius 3 is 2.09 bits per heavy atom. The summed E-state index contributed by atoms with van der Waals surface area (Å²) in [6.07, 6.45) is 2.03. The van der Waals surface area contributed by atoms with Gasteiger partial charge in [-0.2, -0.15) is 0 Å². The minimum atomic E-state index is 0.470. The molecule has 0 aromatic heterocycles. The molecule has 0 heterocycles. The molecule has 2 atom stereocenters. The van der Waals surface area contributed by atoms with Crippen molar-refractivity contribution in [1.82, 2.24) is 0 Å². The number of thioether (sulfide) groups is 1. The molecule has 0 nitrogen and oxygen atoms in total. The molecule has 2 heteroatoms. The van der Waals surface area contributed by atoms with Crippen molar-refractivity contribution in [2.75, 3.05) is 6.26 Å². The van der Waals surface area contributed by atoms with Crippen molar-refractivity contribution >= 4 is 28.2 Å². The molecule has 0 amide bonds. The highest BCUT2D eigenvalue weighted by atomic mass is 32.2. The Kier molecular flexibility index (Phi) is 5.02. The van der Waals surface area contributed by atoms with Crippen molar-refractivity contribution in [3.8, 4) is 0 Å². The maximum absolute atomic E-state index is 5.20. The molecule has 0 N–H and O–H groups in total. The highest BCUT2D eigenvalue weighted by Crippen LogP contribution is 2.23. The van der Waals surface area contributed by atoms with E-state index in [2.05, 4.69) is 27.4 Å². The fourth-order valence-corrected chi connectivity index (χ4v) is 1.60. The summed E-state index contributed by atoms with van der Waals surface area (Å²) in [5, 5.41) is 0. The highest BCUT2D eigenvalue weighted by Gasteiger charge is 2.16. The van der Waals surface area contributed by atoms with Gasteiger partial charge >= 0.3 is 0 Å². The van der Waals surface area contributed by atoms with Crippen LogP contribution in [-0.4, -0.2) is 10.5 Å². The van der Waals surface area contributed by atoms with Crippen molar-refractivity contribution in [1.29, 1.82) is 0 Å². The zero-order valence-electron chi connectivity index (χ0n) is 7.68. The molecule has 0 aliphatic carbocycles. The van der Waals surface area contributed by atoms with Crippen LogP contribution in [0, 0.1) is 11.8 Å². The molecule has 0 aromatic rings. The summed E-state index contributed by atoms with van der Waals surface area (Å²) in [5.74, 6) is 0.979. The summed E-state index contributed by atoms with van der Waals surface area (Å²) in [7, 11) is 0. The molecule has 11 heavy (non-hydrogen) atoms. The standard InChI is InChI=1S/C9H16S2/c1-6(2)7(3)8(4)9(10)11-5/h7-8H,1H2,2-5H3/t7-,8+/m1/s1. The van der Waals surface area contributed by atoms with Crippen molar-refractivity contribution in [2.45, 2.75) is 20.8 Å². The zero-order chi connectivity index (χ0) is 9.02. The van der Waals surface area contributed by atoms with E-state index in [4.69, 9.17) is 12.2 Å². The van der Waals surface area contributed by atoms with Crippen LogP contribution in [0.3, 0.4) is 0 Å². The first-order chi connectivity index (χ1) is 5.00. The van der Waals surface area contributed by atoms with Gasteiger partial charge in [-0.3, -0.25) is 0 Å². The van der Waals surface area contributed by atoms with E-state index < -0.39 is 0 Å². The normalized spacial score (nSPS) is 15.6. The second kappa shape index (κ2) is 4.94. The maximum atomic E-state index is 5.20. The fraction of sp³-hybridized carbons (Fsp3) is 0.667. The van der Waals surface area contributed by atoms with E-state index in [9.17, 15) is 0 Å². The zero-order valence-corrected chi connectivity index (χ0v) is 9.31. The van der Waals surface area contributed by atoms with Gasteiger partial charge in [0.15, 0.2) is 0 Å². The van der Waals surface area contributed by atoms with Gasteiger partial charge in [0.25, 0.3) is 0 Å². The Morgan fingerprint density at radius 1 is 1.36 bits per heavy atom. The average molecular weight is 188 g/mol. The quantitative estimate of drug-likeness (QED) is 0.491. The SMILES string of the molecule is C=C(C)[C@@H](C)[C@H](C)C(=S)SC. The predicted octanol–water partition coefficient (Wildman–Crippen LogP) is 3.53. The monoisotopic (exact) mass is 188 g/mol. The molecule has 64 valence electrons. The molecule has 0 aromatic carbocycles. The third-order valence-electron chi connectivity index (χ3n) is 2.10. The van der Waals surface area contributed by atoms with Crippen molar-refractivity contribution in [3.63, 3.8) is 0 Å². The first kappa shape index (κ1) is 11.2. The molecule has 0 rings (SSSR count). The van der Waals surface area contributed by atoms with E-state index in [0.29, 0.717) is 11.8 Å². The van der Waals surface area contributed by atoms with Gasteiger partial charge in [-0.25, -0.2) is 0 Å². The Morgan fingerprint density at radius 2 is 1.82 bits per heavy atom. The van der Waals surface area contributed by atoms with E-state index in [1.165, 1.54) is 5.57 Å². The minimum absolute atomic E-state index is 0.470. The molecule has 0 bridgehead atoms. The number of rotatable bonds is 3. The third-order valence-corrected chi connectivity index (χ3v) is 3.75. The van der Waals surface area contributed by atoms with E-state index in [1.54, 1.807) is 11.8 Å². The third kappa shape index (κ3) is 3.39. The second-order valence-electron chi connectivity index (χ2n) is 2.95. The van der Waals surface area contributed by atoms with Gasteiger partial charge in [-0.15, -0.1) is 11.8 Å². The van der Waals surface area contributed by atoms with Crippen LogP contribution in [0.4, 0.5) is 0 Å². The Labute approximate surface area is 79.5 Å². The van der Waals surface area contributed by atoms with Gasteiger partial charge in [0.05, 0.1) is 4.20 Å². The van der Waals surface area contributed by atoms with Crippen molar-refractivity contribution < 1.29 is 0 Å². The van der Waals surface area contributed by atoms with Gasteiger partial charge in [0.2, 0.25) is 0 Å². The van der Waals surface area contributed by atoms with Gasteiger partial charge < -0.3 is 0 Å². The lowest BCUT2D eigenvalue weighted by Crippen LogP contribution is -2.14. The first-order valence-corrected chi connectivity index (χ1v) is 5.37. The first-order valence-electron chi connectivity index (χ1n) is 3.74. The Hall–Kier alpha value is 0.180. The summed E-state index contributed by atoms with van der Waals surface area (Å²) < 4.78 is 1.08. The average Bonchev–Trinajstić information content (AvgIpc) is 2.00. The van der Waals surface area contributed by atoms with Crippen molar-refractivity contribution in [3.05, 3.63) is 12.2 Å². The van der Waals surface area contributed by atoms with Crippen LogP contribution in [0.15, 0.2) is 12.2 Å². The molecule has 0 fully saturated rings. The second-order valence-corrected chi connectivity index (χ2v) is 4.49. The fourth-order valence-electron chi connectivity index (χ4n) is 0.817. The summed E-state index contributed by atoms with van der Waals surface area (Å²) in [5.41, 5.74) is 1.22. The predicted molar refractivity (Wildman–Crippen MR) is 59.3 cm³/mol. The number of hydrogen-bond donors (Lipinski definition) is 0. The molecule has 0 spiro atoms. The minimum Gasteiger partial charge on any atom is -0.122 e. The maximum Gasteiger partial charge on any atom is 0.0509 e. The van der Waals surface area contributed by atoms with Crippen LogP contribution >= 0.6 is 24.0 Å². The lowest BCUT2D eigenvalue weighted by atomic mass is 9.92. The topological polar surface area (TPSA) is 0 Å². The van der Waals surface area contributed by atoms with E-state index in [1.807, 2.05) is 6.26 Å². The Bertz CT molecular complexity index is 161. The summed E-state index contributed by atoms with van der Waals surface area (Å²) >= 11 is 6.86. The molecule has 0 saturated heterocycles. The van der Waals surface area contributed by atoms with Crippen LogP contribution in [0.2, 0.25) is 0 Å². The summed E-state index contributed by atoms with van der Waals surface area (Å²) in [4.78, 5) is 0. The summed E-state index contributed by atoms with van der Waals surface area (Å²) in [6, 6.07) is 0. The number of hydrogen-bond acceptors (Lipinski definition) is 2. The van der Waals surface area contributed by atoms with Gasteiger partial charge in [-0.05, 0) is 19.1 Å². The van der Waals surface area contributed by atoms with Crippen LogP contribution in [-0.2, 0) is 0 Å². The van der Waals surface area contributed by atoms with E-state index >= 15 is 0 Å². The molecule has 0 aliphatic rings. The Balaban J connectivity index is 4.12. The van der Waals surface area contributed by atoms with Crippen LogP contribution < -0.4 is 0 Å². The molecule has 0 saturated carbocycles. The lowest BCUT2D eigenvalue weighted by Gasteiger charge is -2.19. The van der Waals surface area contributed by atoms with Gasteiger partial charge in [0.1, 0.15) is 0 Å². The van der Waals surface area contributed by atoms with Gasteiger partial charge in [0, 0.05) is 5.92 Å². The largest absolute Gasteiger partial charge is 0.122 e. The molecular weight excluding hydrogens is 172 g/mol. The van der Waals surface area contributed by atoms with Crippen LogP contribution in [0.5, 0.6) is 0 Å². The number of thiocarbonyl (C=S) groups is 1.